The number of hydrogen-bond donors (Lipinski definition) is 0. The van der Waals surface area contributed by atoms with Gasteiger partial charge in [-0.15, -0.1) is 0 Å². The molecule has 116 valence electrons. The van der Waals surface area contributed by atoms with E-state index in [2.05, 4.69) is 19.1 Å². The summed E-state index contributed by atoms with van der Waals surface area (Å²) in [5.41, 5.74) is 4.43. The highest BCUT2D eigenvalue weighted by Gasteiger charge is 2.38. The number of ether oxygens (including phenoxy) is 1. The lowest BCUT2D eigenvalue weighted by atomic mass is 10.0. The van der Waals surface area contributed by atoms with E-state index in [1.54, 1.807) is 24.3 Å². The topological polar surface area (TPSA) is 46.6 Å². The molecule has 0 saturated heterocycles. The molecule has 0 saturated carbocycles. The third kappa shape index (κ3) is 2.13. The van der Waals surface area contributed by atoms with Gasteiger partial charge in [0.1, 0.15) is 11.9 Å². The Hall–Kier alpha value is -2.62. The molecule has 2 amide bonds. The van der Waals surface area contributed by atoms with Crippen LogP contribution in [0.25, 0.3) is 0 Å². The van der Waals surface area contributed by atoms with Crippen molar-refractivity contribution < 1.29 is 14.3 Å². The Labute approximate surface area is 134 Å². The van der Waals surface area contributed by atoms with Crippen molar-refractivity contribution in [1.29, 1.82) is 0 Å². The van der Waals surface area contributed by atoms with Crippen LogP contribution in [-0.4, -0.2) is 29.4 Å². The van der Waals surface area contributed by atoms with Gasteiger partial charge in [-0.25, -0.2) is 0 Å². The molecule has 1 atom stereocenters. The molecule has 4 rings (SSSR count). The first kappa shape index (κ1) is 14.0. The van der Waals surface area contributed by atoms with Crippen LogP contribution in [0.15, 0.2) is 36.4 Å². The van der Waals surface area contributed by atoms with Gasteiger partial charge in [0.15, 0.2) is 0 Å². The number of carbonyl (C=O) groups is 2. The number of fused-ring (bicyclic) bond motifs is 2. The molecular formula is C19H17NO3. The summed E-state index contributed by atoms with van der Waals surface area (Å²) in [4.78, 5) is 26.2. The number of amides is 2. The van der Waals surface area contributed by atoms with E-state index in [-0.39, 0.29) is 17.9 Å². The Morgan fingerprint density at radius 2 is 1.74 bits per heavy atom. The van der Waals surface area contributed by atoms with Gasteiger partial charge in [0.05, 0.1) is 17.7 Å². The maximum atomic E-state index is 12.4. The molecule has 0 radical (unpaired) electrons. The highest BCUT2D eigenvalue weighted by Crippen LogP contribution is 2.34. The fourth-order valence-corrected chi connectivity index (χ4v) is 3.53. The molecule has 0 bridgehead atoms. The van der Waals surface area contributed by atoms with Crippen LogP contribution < -0.4 is 4.74 Å². The maximum absolute atomic E-state index is 12.4. The van der Waals surface area contributed by atoms with Crippen molar-refractivity contribution in [1.82, 2.24) is 4.90 Å². The van der Waals surface area contributed by atoms with E-state index >= 15 is 0 Å². The Balaban J connectivity index is 1.56. The first-order valence-electron chi connectivity index (χ1n) is 7.76. The van der Waals surface area contributed by atoms with Crippen molar-refractivity contribution in [2.45, 2.75) is 26.4 Å². The molecule has 2 aliphatic rings. The van der Waals surface area contributed by atoms with Crippen molar-refractivity contribution in [2.24, 2.45) is 0 Å². The van der Waals surface area contributed by atoms with Crippen LogP contribution in [0, 0.1) is 13.8 Å². The Morgan fingerprint density at radius 3 is 2.39 bits per heavy atom. The second-order valence-electron chi connectivity index (χ2n) is 6.28. The van der Waals surface area contributed by atoms with Gasteiger partial charge < -0.3 is 4.74 Å². The van der Waals surface area contributed by atoms with Gasteiger partial charge in [-0.2, -0.15) is 0 Å². The Bertz CT molecular complexity index is 806. The van der Waals surface area contributed by atoms with Crippen molar-refractivity contribution in [3.63, 3.8) is 0 Å². The molecule has 0 N–H and O–H groups in total. The molecule has 2 aliphatic heterocycles. The SMILES string of the molecule is Cc1cc(C)c2c(c1)CC(CN1C(=O)c3ccccc3C1=O)O2. The summed E-state index contributed by atoms with van der Waals surface area (Å²) in [6.07, 6.45) is 0.554. The molecule has 1 unspecified atom stereocenters. The molecule has 2 aromatic carbocycles. The number of rotatable bonds is 2. The molecular weight excluding hydrogens is 290 g/mol. The largest absolute Gasteiger partial charge is 0.488 e. The van der Waals surface area contributed by atoms with E-state index in [4.69, 9.17) is 4.74 Å². The predicted octanol–water partition coefficient (Wildman–Crippen LogP) is 2.90. The molecule has 4 heteroatoms. The van der Waals surface area contributed by atoms with E-state index in [0.717, 1.165) is 23.3 Å². The fourth-order valence-electron chi connectivity index (χ4n) is 3.53. The molecule has 2 aromatic rings. The zero-order chi connectivity index (χ0) is 16.1. The normalized spacial score (nSPS) is 18.9. The first-order valence-corrected chi connectivity index (χ1v) is 7.76. The van der Waals surface area contributed by atoms with Crippen LogP contribution in [0.2, 0.25) is 0 Å². The summed E-state index contributed by atoms with van der Waals surface area (Å²) >= 11 is 0. The fraction of sp³-hybridized carbons (Fsp3) is 0.263. The minimum absolute atomic E-state index is 0.173. The minimum Gasteiger partial charge on any atom is -0.488 e. The number of nitrogens with zero attached hydrogens (tertiary/aromatic N) is 1. The molecule has 23 heavy (non-hydrogen) atoms. The Morgan fingerprint density at radius 1 is 1.09 bits per heavy atom. The third-order valence-corrected chi connectivity index (χ3v) is 4.49. The minimum atomic E-state index is -0.224. The van der Waals surface area contributed by atoms with Crippen LogP contribution in [0.1, 0.15) is 37.4 Å². The second-order valence-corrected chi connectivity index (χ2v) is 6.28. The zero-order valence-corrected chi connectivity index (χ0v) is 13.1. The van der Waals surface area contributed by atoms with E-state index in [0.29, 0.717) is 17.7 Å². The summed E-state index contributed by atoms with van der Waals surface area (Å²) < 4.78 is 6.00. The molecule has 4 nitrogen and oxygen atoms in total. The summed E-state index contributed by atoms with van der Waals surface area (Å²) in [6.45, 7) is 4.38. The lowest BCUT2D eigenvalue weighted by Gasteiger charge is -2.18. The van der Waals surface area contributed by atoms with Crippen LogP contribution in [0.4, 0.5) is 0 Å². The van der Waals surface area contributed by atoms with Crippen LogP contribution in [0.5, 0.6) is 5.75 Å². The number of aryl methyl sites for hydroxylation is 2. The smallest absolute Gasteiger partial charge is 0.261 e. The molecule has 0 aliphatic carbocycles. The molecule has 0 aromatic heterocycles. The van der Waals surface area contributed by atoms with Gasteiger partial charge in [-0.1, -0.05) is 29.8 Å². The number of benzene rings is 2. The standard InChI is InChI=1S/C19H17NO3/c1-11-7-12(2)17-13(8-11)9-14(23-17)10-20-18(21)15-5-3-4-6-16(15)19(20)22/h3-8,14H,9-10H2,1-2H3. The van der Waals surface area contributed by atoms with Crippen molar-refractivity contribution in [3.05, 3.63) is 64.2 Å². The van der Waals surface area contributed by atoms with Crippen LogP contribution in [0.3, 0.4) is 0 Å². The van der Waals surface area contributed by atoms with Crippen molar-refractivity contribution >= 4 is 11.8 Å². The highest BCUT2D eigenvalue weighted by molar-refractivity contribution is 6.21. The van der Waals surface area contributed by atoms with Gasteiger partial charge >= 0.3 is 0 Å². The lowest BCUT2D eigenvalue weighted by molar-refractivity contribution is 0.0587. The summed E-state index contributed by atoms with van der Waals surface area (Å²) in [7, 11) is 0. The van der Waals surface area contributed by atoms with Gasteiger partial charge in [0, 0.05) is 6.42 Å². The molecule has 0 fully saturated rings. The number of hydrogen-bond acceptors (Lipinski definition) is 3. The second kappa shape index (κ2) is 4.95. The van der Waals surface area contributed by atoms with Crippen LogP contribution in [-0.2, 0) is 6.42 Å². The van der Waals surface area contributed by atoms with Gasteiger partial charge in [-0.3, -0.25) is 14.5 Å². The maximum Gasteiger partial charge on any atom is 0.261 e. The lowest BCUT2D eigenvalue weighted by Crippen LogP contribution is -2.38. The number of imide groups is 1. The van der Waals surface area contributed by atoms with E-state index < -0.39 is 0 Å². The zero-order valence-electron chi connectivity index (χ0n) is 13.1. The van der Waals surface area contributed by atoms with Gasteiger partial charge in [0.2, 0.25) is 0 Å². The average molecular weight is 307 g/mol. The molecule has 2 heterocycles. The summed E-state index contributed by atoms with van der Waals surface area (Å²) in [5, 5.41) is 0. The van der Waals surface area contributed by atoms with Crippen molar-refractivity contribution in [2.75, 3.05) is 6.54 Å². The van der Waals surface area contributed by atoms with E-state index in [1.807, 2.05) is 6.92 Å². The monoisotopic (exact) mass is 307 g/mol. The van der Waals surface area contributed by atoms with E-state index in [9.17, 15) is 9.59 Å². The predicted molar refractivity (Wildman–Crippen MR) is 85.8 cm³/mol. The van der Waals surface area contributed by atoms with Gasteiger partial charge in [0.25, 0.3) is 11.8 Å². The summed E-state index contributed by atoms with van der Waals surface area (Å²) in [6, 6.07) is 11.2. The first-order chi connectivity index (χ1) is 11.0. The third-order valence-electron chi connectivity index (χ3n) is 4.49. The van der Waals surface area contributed by atoms with Crippen LogP contribution >= 0.6 is 0 Å². The average Bonchev–Trinajstić information content (AvgIpc) is 3.03. The van der Waals surface area contributed by atoms with E-state index in [1.165, 1.54) is 10.5 Å². The van der Waals surface area contributed by atoms with Crippen molar-refractivity contribution in [3.8, 4) is 5.75 Å². The number of carbonyl (C=O) groups excluding carboxylic acids is 2. The highest BCUT2D eigenvalue weighted by atomic mass is 16.5. The van der Waals surface area contributed by atoms with Gasteiger partial charge in [-0.05, 0) is 37.1 Å². The summed E-state index contributed by atoms with van der Waals surface area (Å²) in [5.74, 6) is 0.452. The quantitative estimate of drug-likeness (QED) is 0.802. The molecule has 0 spiro atoms. The Kier molecular flexibility index (Phi) is 3.01.